The lowest BCUT2D eigenvalue weighted by atomic mass is 9.96. The van der Waals surface area contributed by atoms with Crippen LogP contribution in [0, 0.1) is 5.92 Å². The van der Waals surface area contributed by atoms with E-state index in [-0.39, 0.29) is 0 Å². The van der Waals surface area contributed by atoms with Gasteiger partial charge in [-0.15, -0.1) is 0 Å². The molecule has 0 aliphatic carbocycles. The third-order valence-corrected chi connectivity index (χ3v) is 6.29. The molecule has 120 valence electrons. The number of aromatic nitrogens is 1. The number of hydrogen-bond acceptors (Lipinski definition) is 3. The van der Waals surface area contributed by atoms with E-state index >= 15 is 0 Å². The van der Waals surface area contributed by atoms with Crippen LogP contribution in [0.15, 0.2) is 17.2 Å². The van der Waals surface area contributed by atoms with Gasteiger partial charge in [0.1, 0.15) is 4.90 Å². The first-order chi connectivity index (χ1) is 10.0. The summed E-state index contributed by atoms with van der Waals surface area (Å²) in [6.45, 7) is 6.69. The van der Waals surface area contributed by atoms with Gasteiger partial charge in [0.15, 0.2) is 0 Å². The normalized spacial score (nSPS) is 18.2. The first-order valence-corrected chi connectivity index (χ1v) is 9.36. The molecule has 1 aromatic rings. The van der Waals surface area contributed by atoms with E-state index in [0.717, 1.165) is 37.9 Å². The van der Waals surface area contributed by atoms with Gasteiger partial charge in [-0.3, -0.25) is 0 Å². The first kappa shape index (κ1) is 16.5. The van der Waals surface area contributed by atoms with Crippen molar-refractivity contribution >= 4 is 10.0 Å². The minimum atomic E-state index is -3.37. The van der Waals surface area contributed by atoms with Crippen LogP contribution in [-0.2, 0) is 23.1 Å². The Labute approximate surface area is 128 Å². The smallest absolute Gasteiger partial charge is 0.244 e. The third kappa shape index (κ3) is 3.49. The highest BCUT2D eigenvalue weighted by molar-refractivity contribution is 7.89. The van der Waals surface area contributed by atoms with Crippen LogP contribution in [0.1, 0.15) is 45.2 Å². The topological polar surface area (TPSA) is 68.3 Å². The molecule has 1 aromatic heterocycles. The van der Waals surface area contributed by atoms with Crippen LogP contribution in [0.2, 0.25) is 0 Å². The predicted octanol–water partition coefficient (Wildman–Crippen LogP) is 2.17. The number of hydrogen-bond donors (Lipinski definition) is 1. The van der Waals surface area contributed by atoms with Crippen molar-refractivity contribution in [2.45, 2.75) is 57.5 Å². The maximum absolute atomic E-state index is 12.7. The van der Waals surface area contributed by atoms with Crippen molar-refractivity contribution in [2.75, 3.05) is 13.1 Å². The van der Waals surface area contributed by atoms with Crippen molar-refractivity contribution in [3.05, 3.63) is 18.0 Å². The lowest BCUT2D eigenvalue weighted by molar-refractivity contribution is 0.269. The molecule has 0 spiro atoms. The number of rotatable bonds is 6. The van der Waals surface area contributed by atoms with Gasteiger partial charge >= 0.3 is 0 Å². The molecule has 2 N–H and O–H groups in total. The standard InChI is InChI=1S/C15H27N3O2S/c1-3-7-17-12-15(10-14(17)11-16)21(19,20)18-8-5-13(4-2)6-9-18/h10,12-13H,3-9,11,16H2,1-2H3. The molecule has 2 heterocycles. The van der Waals surface area contributed by atoms with E-state index in [1.807, 2.05) is 4.57 Å². The van der Waals surface area contributed by atoms with Gasteiger partial charge in [0, 0.05) is 38.1 Å². The van der Waals surface area contributed by atoms with E-state index in [4.69, 9.17) is 5.73 Å². The second-order valence-electron chi connectivity index (χ2n) is 5.82. The molecule has 6 heteroatoms. The lowest BCUT2D eigenvalue weighted by Crippen LogP contribution is -2.38. The van der Waals surface area contributed by atoms with Crippen LogP contribution in [0.25, 0.3) is 0 Å². The number of piperidine rings is 1. The zero-order chi connectivity index (χ0) is 15.5. The molecule has 1 saturated heterocycles. The van der Waals surface area contributed by atoms with Crippen molar-refractivity contribution in [1.82, 2.24) is 8.87 Å². The molecular weight excluding hydrogens is 286 g/mol. The fraction of sp³-hybridized carbons (Fsp3) is 0.733. The number of nitrogens with two attached hydrogens (primary N) is 1. The summed E-state index contributed by atoms with van der Waals surface area (Å²) in [6.07, 6.45) is 5.78. The minimum Gasteiger partial charge on any atom is -0.349 e. The molecule has 5 nitrogen and oxygen atoms in total. The molecule has 21 heavy (non-hydrogen) atoms. The van der Waals surface area contributed by atoms with Crippen LogP contribution in [0.4, 0.5) is 0 Å². The Hall–Kier alpha value is -0.850. The summed E-state index contributed by atoms with van der Waals surface area (Å²) in [6, 6.07) is 1.73. The summed E-state index contributed by atoms with van der Waals surface area (Å²) in [4.78, 5) is 0.395. The molecule has 0 bridgehead atoms. The number of aryl methyl sites for hydroxylation is 1. The Balaban J connectivity index is 2.20. The molecule has 2 rings (SSSR count). The van der Waals surface area contributed by atoms with E-state index in [9.17, 15) is 8.42 Å². The van der Waals surface area contributed by atoms with E-state index < -0.39 is 10.0 Å². The predicted molar refractivity (Wildman–Crippen MR) is 84.4 cm³/mol. The highest BCUT2D eigenvalue weighted by Gasteiger charge is 2.30. The molecule has 1 aliphatic heterocycles. The zero-order valence-electron chi connectivity index (χ0n) is 13.1. The molecule has 0 radical (unpaired) electrons. The maximum atomic E-state index is 12.7. The van der Waals surface area contributed by atoms with Gasteiger partial charge in [0.25, 0.3) is 0 Å². The van der Waals surface area contributed by atoms with E-state index in [2.05, 4.69) is 13.8 Å². The van der Waals surface area contributed by atoms with Crippen molar-refractivity contribution in [1.29, 1.82) is 0 Å². The summed E-state index contributed by atoms with van der Waals surface area (Å²) in [5.74, 6) is 0.667. The fourth-order valence-electron chi connectivity index (χ4n) is 2.99. The molecule has 0 aromatic carbocycles. The lowest BCUT2D eigenvalue weighted by Gasteiger charge is -2.30. The quantitative estimate of drug-likeness (QED) is 0.875. The van der Waals surface area contributed by atoms with Gasteiger partial charge in [0.2, 0.25) is 10.0 Å². The Morgan fingerprint density at radius 1 is 1.29 bits per heavy atom. The van der Waals surface area contributed by atoms with Crippen molar-refractivity contribution in [2.24, 2.45) is 11.7 Å². The van der Waals surface area contributed by atoms with E-state index in [0.29, 0.717) is 30.4 Å². The zero-order valence-corrected chi connectivity index (χ0v) is 13.9. The molecule has 0 amide bonds. The first-order valence-electron chi connectivity index (χ1n) is 7.92. The summed E-state index contributed by atoms with van der Waals surface area (Å²) < 4.78 is 29.1. The van der Waals surface area contributed by atoms with Crippen LogP contribution in [0.5, 0.6) is 0 Å². The largest absolute Gasteiger partial charge is 0.349 e. The fourth-order valence-corrected chi connectivity index (χ4v) is 4.53. The maximum Gasteiger partial charge on any atom is 0.244 e. The summed E-state index contributed by atoms with van der Waals surface area (Å²) in [7, 11) is -3.37. The Morgan fingerprint density at radius 2 is 1.95 bits per heavy atom. The van der Waals surface area contributed by atoms with E-state index in [1.54, 1.807) is 16.6 Å². The van der Waals surface area contributed by atoms with Crippen LogP contribution in [-0.4, -0.2) is 30.4 Å². The third-order valence-electron chi connectivity index (χ3n) is 4.42. The van der Waals surface area contributed by atoms with E-state index in [1.165, 1.54) is 0 Å². The van der Waals surface area contributed by atoms with Crippen LogP contribution in [0.3, 0.4) is 0 Å². The van der Waals surface area contributed by atoms with Gasteiger partial charge in [0.05, 0.1) is 0 Å². The van der Waals surface area contributed by atoms with Crippen LogP contribution < -0.4 is 5.73 Å². The highest BCUT2D eigenvalue weighted by Crippen LogP contribution is 2.26. The molecular formula is C15H27N3O2S. The Morgan fingerprint density at radius 3 is 2.48 bits per heavy atom. The van der Waals surface area contributed by atoms with Crippen molar-refractivity contribution in [3.63, 3.8) is 0 Å². The second kappa shape index (κ2) is 6.94. The Kier molecular flexibility index (Phi) is 5.46. The van der Waals surface area contributed by atoms with Crippen LogP contribution >= 0.6 is 0 Å². The molecule has 0 atom stereocenters. The SMILES string of the molecule is CCCn1cc(S(=O)(=O)N2CCC(CC)CC2)cc1CN. The summed E-state index contributed by atoms with van der Waals surface area (Å²) >= 11 is 0. The summed E-state index contributed by atoms with van der Waals surface area (Å²) in [5.41, 5.74) is 6.61. The van der Waals surface area contributed by atoms with Gasteiger partial charge in [-0.1, -0.05) is 20.3 Å². The average Bonchev–Trinajstić information content (AvgIpc) is 2.91. The van der Waals surface area contributed by atoms with Gasteiger partial charge in [-0.05, 0) is 31.2 Å². The molecule has 0 unspecified atom stereocenters. The molecule has 1 aliphatic rings. The summed E-state index contributed by atoms with van der Waals surface area (Å²) in [5, 5.41) is 0. The van der Waals surface area contributed by atoms with Crippen molar-refractivity contribution < 1.29 is 8.42 Å². The monoisotopic (exact) mass is 313 g/mol. The van der Waals surface area contributed by atoms with Gasteiger partial charge in [-0.25, -0.2) is 8.42 Å². The highest BCUT2D eigenvalue weighted by atomic mass is 32.2. The van der Waals surface area contributed by atoms with Crippen molar-refractivity contribution in [3.8, 4) is 0 Å². The number of sulfonamides is 1. The average molecular weight is 313 g/mol. The Bertz CT molecular complexity index is 557. The molecule has 1 fully saturated rings. The second-order valence-corrected chi connectivity index (χ2v) is 7.76. The van der Waals surface area contributed by atoms with Gasteiger partial charge in [-0.2, -0.15) is 4.31 Å². The number of nitrogens with zero attached hydrogens (tertiary/aromatic N) is 2. The molecule has 0 saturated carbocycles. The minimum absolute atomic E-state index is 0.368. The van der Waals surface area contributed by atoms with Gasteiger partial charge < -0.3 is 10.3 Å².